The van der Waals surface area contributed by atoms with Gasteiger partial charge in [0.1, 0.15) is 5.82 Å². The van der Waals surface area contributed by atoms with Crippen molar-refractivity contribution in [2.45, 2.75) is 66.7 Å². The summed E-state index contributed by atoms with van der Waals surface area (Å²) < 4.78 is 14.2. The van der Waals surface area contributed by atoms with Crippen LogP contribution in [-0.4, -0.2) is 19.3 Å². The fraction of sp³-hybridized carbons (Fsp3) is 0.414. The Balaban J connectivity index is 3.08. The molecule has 0 saturated carbocycles. The van der Waals surface area contributed by atoms with Crippen molar-refractivity contribution < 1.29 is 4.39 Å². The minimum atomic E-state index is -0.224. The Kier molecular flexibility index (Phi) is 13.0. The summed E-state index contributed by atoms with van der Waals surface area (Å²) in [5.74, 6) is -0.224. The van der Waals surface area contributed by atoms with Gasteiger partial charge in [0.2, 0.25) is 0 Å². The molecular formula is C29H42FN3. The number of aryl methyl sites for hydroxylation is 1. The molecule has 0 bridgehead atoms. The summed E-state index contributed by atoms with van der Waals surface area (Å²) >= 11 is 0. The molecular weight excluding hydrogens is 409 g/mol. The van der Waals surface area contributed by atoms with E-state index in [1.807, 2.05) is 58.3 Å². The molecule has 0 aliphatic heterocycles. The fourth-order valence-corrected chi connectivity index (χ4v) is 3.67. The molecule has 0 saturated heterocycles. The van der Waals surface area contributed by atoms with Crippen molar-refractivity contribution in [3.63, 3.8) is 0 Å². The van der Waals surface area contributed by atoms with Crippen LogP contribution in [0.1, 0.15) is 71.4 Å². The minimum absolute atomic E-state index is 0.224. The van der Waals surface area contributed by atoms with E-state index in [2.05, 4.69) is 30.7 Å². The molecule has 1 aromatic carbocycles. The van der Waals surface area contributed by atoms with Gasteiger partial charge in [-0.25, -0.2) is 4.39 Å². The third kappa shape index (κ3) is 9.75. The first kappa shape index (κ1) is 28.3. The number of aliphatic imine (C=N–C) groups is 1. The number of benzene rings is 1. The Labute approximate surface area is 200 Å². The molecule has 0 spiro atoms. The molecule has 0 heterocycles. The molecule has 0 aliphatic carbocycles. The Bertz CT molecular complexity index is 946. The summed E-state index contributed by atoms with van der Waals surface area (Å²) in [5.41, 5.74) is 14.3. The fourth-order valence-electron chi connectivity index (χ4n) is 3.67. The summed E-state index contributed by atoms with van der Waals surface area (Å²) in [5, 5.41) is 3.23. The van der Waals surface area contributed by atoms with Gasteiger partial charge in [-0.15, -0.1) is 0 Å². The summed E-state index contributed by atoms with van der Waals surface area (Å²) in [7, 11) is 1.93. The number of hydrogen-bond donors (Lipinski definition) is 2. The van der Waals surface area contributed by atoms with Crippen molar-refractivity contribution in [3.05, 3.63) is 88.6 Å². The topological polar surface area (TPSA) is 50.4 Å². The second-order valence-corrected chi connectivity index (χ2v) is 8.32. The molecule has 180 valence electrons. The van der Waals surface area contributed by atoms with E-state index in [0.717, 1.165) is 65.8 Å². The number of nitrogens with one attached hydrogen (secondary N) is 1. The molecule has 0 fully saturated rings. The molecule has 0 atom stereocenters. The molecule has 3 nitrogen and oxygen atoms in total. The Morgan fingerprint density at radius 2 is 1.91 bits per heavy atom. The van der Waals surface area contributed by atoms with Crippen molar-refractivity contribution in [3.8, 4) is 0 Å². The van der Waals surface area contributed by atoms with E-state index in [9.17, 15) is 4.39 Å². The number of nitrogens with zero attached hydrogens (tertiary/aromatic N) is 1. The van der Waals surface area contributed by atoms with Gasteiger partial charge in [-0.3, -0.25) is 4.99 Å². The first-order valence-electron chi connectivity index (χ1n) is 11.9. The molecule has 1 rings (SSSR count). The maximum absolute atomic E-state index is 14.2. The van der Waals surface area contributed by atoms with Crippen molar-refractivity contribution in [2.75, 3.05) is 13.6 Å². The van der Waals surface area contributed by atoms with E-state index in [1.54, 1.807) is 12.1 Å². The van der Waals surface area contributed by atoms with Crippen LogP contribution in [0.15, 0.2) is 76.6 Å². The first-order valence-corrected chi connectivity index (χ1v) is 11.9. The molecule has 4 heteroatoms. The van der Waals surface area contributed by atoms with Crippen LogP contribution in [0.3, 0.4) is 0 Å². The number of halogens is 1. The average molecular weight is 452 g/mol. The molecule has 0 radical (unpaired) electrons. The van der Waals surface area contributed by atoms with Crippen LogP contribution >= 0.6 is 0 Å². The normalized spacial score (nSPS) is 14.0. The zero-order valence-electron chi connectivity index (χ0n) is 21.4. The number of allylic oxidation sites excluding steroid dienone is 7. The second kappa shape index (κ2) is 15.2. The van der Waals surface area contributed by atoms with Gasteiger partial charge in [-0.1, -0.05) is 42.9 Å². The summed E-state index contributed by atoms with van der Waals surface area (Å²) in [4.78, 5) is 4.56. The zero-order chi connectivity index (χ0) is 24.8. The van der Waals surface area contributed by atoms with Gasteiger partial charge in [-0.05, 0) is 107 Å². The predicted octanol–water partition coefficient (Wildman–Crippen LogP) is 7.28. The smallest absolute Gasteiger partial charge is 0.123 e. The van der Waals surface area contributed by atoms with Crippen LogP contribution in [0.4, 0.5) is 4.39 Å². The van der Waals surface area contributed by atoms with Crippen LogP contribution < -0.4 is 11.1 Å². The molecule has 33 heavy (non-hydrogen) atoms. The predicted molar refractivity (Wildman–Crippen MR) is 144 cm³/mol. The zero-order valence-corrected chi connectivity index (χ0v) is 21.4. The van der Waals surface area contributed by atoms with Gasteiger partial charge in [-0.2, -0.15) is 0 Å². The van der Waals surface area contributed by atoms with Gasteiger partial charge in [0.05, 0.1) is 0 Å². The van der Waals surface area contributed by atoms with Gasteiger partial charge >= 0.3 is 0 Å². The lowest BCUT2D eigenvalue weighted by Gasteiger charge is -2.14. The average Bonchev–Trinajstić information content (AvgIpc) is 2.80. The van der Waals surface area contributed by atoms with Gasteiger partial charge in [0.15, 0.2) is 0 Å². The van der Waals surface area contributed by atoms with Gasteiger partial charge < -0.3 is 11.1 Å². The Morgan fingerprint density at radius 3 is 2.48 bits per heavy atom. The maximum atomic E-state index is 14.2. The van der Waals surface area contributed by atoms with Crippen LogP contribution in [0.2, 0.25) is 0 Å². The monoisotopic (exact) mass is 451 g/mol. The van der Waals surface area contributed by atoms with Gasteiger partial charge in [0, 0.05) is 24.7 Å². The Hall–Kier alpha value is -2.72. The highest BCUT2D eigenvalue weighted by atomic mass is 19.1. The molecule has 3 N–H and O–H groups in total. The summed E-state index contributed by atoms with van der Waals surface area (Å²) in [6, 6.07) is 5.08. The van der Waals surface area contributed by atoms with Crippen LogP contribution in [0, 0.1) is 5.82 Å². The first-order chi connectivity index (χ1) is 15.8. The van der Waals surface area contributed by atoms with Crippen molar-refractivity contribution in [2.24, 2.45) is 10.7 Å². The summed E-state index contributed by atoms with van der Waals surface area (Å²) in [6.07, 6.45) is 12.5. The van der Waals surface area contributed by atoms with E-state index in [1.165, 1.54) is 11.1 Å². The van der Waals surface area contributed by atoms with Crippen molar-refractivity contribution >= 4 is 11.3 Å². The SMILES string of the molecule is C=C(C)/C(CCCc1ccc(F)cc1C(/C=C\C(C)=N\C=C(/CC)CCN)=C/C)=C(/C)NC. The Morgan fingerprint density at radius 1 is 1.18 bits per heavy atom. The van der Waals surface area contributed by atoms with E-state index in [0.29, 0.717) is 6.54 Å². The highest BCUT2D eigenvalue weighted by Gasteiger charge is 2.09. The highest BCUT2D eigenvalue weighted by molar-refractivity contribution is 5.96. The third-order valence-corrected chi connectivity index (χ3v) is 5.78. The number of nitrogens with two attached hydrogens (primary N) is 1. The molecule has 1 aromatic rings. The molecule has 0 unspecified atom stereocenters. The van der Waals surface area contributed by atoms with Gasteiger partial charge in [0.25, 0.3) is 0 Å². The lowest BCUT2D eigenvalue weighted by atomic mass is 9.93. The third-order valence-electron chi connectivity index (χ3n) is 5.78. The van der Waals surface area contributed by atoms with Crippen molar-refractivity contribution in [1.82, 2.24) is 5.32 Å². The van der Waals surface area contributed by atoms with Crippen LogP contribution in [0.5, 0.6) is 0 Å². The number of rotatable bonds is 13. The largest absolute Gasteiger partial charge is 0.391 e. The lowest BCUT2D eigenvalue weighted by Crippen LogP contribution is -2.07. The maximum Gasteiger partial charge on any atom is 0.123 e. The summed E-state index contributed by atoms with van der Waals surface area (Å²) in [6.45, 7) is 14.9. The van der Waals surface area contributed by atoms with Crippen LogP contribution in [-0.2, 0) is 6.42 Å². The van der Waals surface area contributed by atoms with Crippen LogP contribution in [0.25, 0.3) is 5.57 Å². The quantitative estimate of drug-likeness (QED) is 0.244. The molecule has 0 aliphatic rings. The standard InChI is InChI=1S/C29H42FN3/c1-8-24(17-18-31)20-33-22(5)13-14-25(9-2)29-19-27(30)16-15-26(29)11-10-12-28(21(3)4)23(6)32-7/h9,13-16,19-20,32H,3,8,10-12,17-18,31H2,1-2,4-7H3/b14-13-,24-20+,25-9+,28-23-,33-22+. The molecule has 0 aromatic heterocycles. The van der Waals surface area contributed by atoms with E-state index in [4.69, 9.17) is 5.73 Å². The minimum Gasteiger partial charge on any atom is -0.391 e. The molecule has 0 amide bonds. The van der Waals surface area contributed by atoms with E-state index < -0.39 is 0 Å². The second-order valence-electron chi connectivity index (χ2n) is 8.32. The number of hydrogen-bond acceptors (Lipinski definition) is 3. The van der Waals surface area contributed by atoms with E-state index in [-0.39, 0.29) is 5.82 Å². The lowest BCUT2D eigenvalue weighted by molar-refractivity contribution is 0.626. The van der Waals surface area contributed by atoms with E-state index >= 15 is 0 Å². The van der Waals surface area contributed by atoms with Crippen molar-refractivity contribution in [1.29, 1.82) is 0 Å². The highest BCUT2D eigenvalue weighted by Crippen LogP contribution is 2.25.